The first kappa shape index (κ1) is 22.8. The molecule has 0 aromatic carbocycles. The third-order valence-corrected chi connectivity index (χ3v) is 6.61. The summed E-state index contributed by atoms with van der Waals surface area (Å²) in [5.41, 5.74) is 2.20. The molecule has 0 unspecified atom stereocenters. The maximum Gasteiger partial charge on any atom is 0.410 e. The van der Waals surface area contributed by atoms with Crippen LogP contribution in [-0.2, 0) is 27.2 Å². The molecule has 2 aliphatic rings. The smallest absolute Gasteiger partial charge is 0.410 e. The average Bonchev–Trinajstić information content (AvgIpc) is 3.19. The van der Waals surface area contributed by atoms with Crippen molar-refractivity contribution in [2.75, 3.05) is 49.7 Å². The Labute approximate surface area is 196 Å². The summed E-state index contributed by atoms with van der Waals surface area (Å²) < 4.78 is 10.5. The zero-order valence-electron chi connectivity index (χ0n) is 18.4. The Morgan fingerprint density at radius 3 is 2.94 bits per heavy atom. The van der Waals surface area contributed by atoms with Crippen LogP contribution in [0.25, 0.3) is 6.08 Å². The summed E-state index contributed by atoms with van der Waals surface area (Å²) >= 11 is 1.33. The molecule has 0 radical (unpaired) electrons. The van der Waals surface area contributed by atoms with Gasteiger partial charge in [0.15, 0.2) is 0 Å². The lowest BCUT2D eigenvalue weighted by molar-refractivity contribution is -0.111. The topological polar surface area (TPSA) is 108 Å². The van der Waals surface area contributed by atoms with Gasteiger partial charge in [0.1, 0.15) is 16.9 Å². The second kappa shape index (κ2) is 10.5. The van der Waals surface area contributed by atoms with E-state index in [0.29, 0.717) is 49.9 Å². The van der Waals surface area contributed by atoms with Gasteiger partial charge in [-0.05, 0) is 37.1 Å². The molecule has 33 heavy (non-hydrogen) atoms. The summed E-state index contributed by atoms with van der Waals surface area (Å²) in [6.07, 6.45) is 5.10. The highest BCUT2D eigenvalue weighted by molar-refractivity contribution is 7.16. The van der Waals surface area contributed by atoms with Gasteiger partial charge in [-0.3, -0.25) is 4.79 Å². The molecule has 1 fully saturated rings. The van der Waals surface area contributed by atoms with Crippen LogP contribution in [0.3, 0.4) is 0 Å². The van der Waals surface area contributed by atoms with E-state index in [1.54, 1.807) is 24.1 Å². The summed E-state index contributed by atoms with van der Waals surface area (Å²) in [7, 11) is 0. The molecule has 4 rings (SSSR count). The fraction of sp³-hybridized carbons (Fsp3) is 0.391. The second-order valence-electron chi connectivity index (χ2n) is 7.53. The third-order valence-electron chi connectivity index (χ3n) is 5.47. The van der Waals surface area contributed by atoms with Crippen molar-refractivity contribution in [2.45, 2.75) is 19.9 Å². The van der Waals surface area contributed by atoms with Crippen LogP contribution < -0.4 is 10.2 Å². The van der Waals surface area contributed by atoms with Crippen LogP contribution in [0.5, 0.6) is 0 Å². The largest absolute Gasteiger partial charge is 0.450 e. The number of nitrogens with one attached hydrogen (secondary N) is 1. The molecule has 2 aliphatic heterocycles. The Morgan fingerprint density at radius 1 is 1.36 bits per heavy atom. The predicted octanol–water partition coefficient (Wildman–Crippen LogP) is 3.02. The van der Waals surface area contributed by atoms with Gasteiger partial charge in [-0.2, -0.15) is 5.26 Å². The fourth-order valence-corrected chi connectivity index (χ4v) is 5.09. The third kappa shape index (κ3) is 5.16. The zero-order chi connectivity index (χ0) is 23.2. The van der Waals surface area contributed by atoms with Crippen LogP contribution in [0.2, 0.25) is 0 Å². The van der Waals surface area contributed by atoms with Crippen molar-refractivity contribution in [3.8, 4) is 6.07 Å². The summed E-state index contributed by atoms with van der Waals surface area (Å²) in [6, 6.07) is 5.96. The van der Waals surface area contributed by atoms with Gasteiger partial charge in [0.2, 0.25) is 5.91 Å². The number of thiophene rings is 1. The first-order valence-corrected chi connectivity index (χ1v) is 11.7. The van der Waals surface area contributed by atoms with E-state index >= 15 is 0 Å². The molecule has 2 amide bonds. The lowest BCUT2D eigenvalue weighted by Gasteiger charge is -2.28. The first-order chi connectivity index (χ1) is 16.1. The quantitative estimate of drug-likeness (QED) is 0.674. The Morgan fingerprint density at radius 2 is 2.18 bits per heavy atom. The molecule has 10 heteroatoms. The van der Waals surface area contributed by atoms with Gasteiger partial charge in [0.05, 0.1) is 31.9 Å². The molecule has 0 spiro atoms. The summed E-state index contributed by atoms with van der Waals surface area (Å²) in [5.74, 6) is 0.484. The van der Waals surface area contributed by atoms with Crippen LogP contribution in [0.15, 0.2) is 24.4 Å². The summed E-state index contributed by atoms with van der Waals surface area (Å²) in [6.45, 7) is 5.73. The number of carbonyl (C=O) groups is 2. The van der Waals surface area contributed by atoms with Crippen LogP contribution in [0.1, 0.15) is 28.5 Å². The van der Waals surface area contributed by atoms with E-state index in [2.05, 4.69) is 21.3 Å². The number of hydrogen-bond acceptors (Lipinski definition) is 8. The Hall–Kier alpha value is -3.42. The molecule has 0 bridgehead atoms. The number of rotatable bonds is 5. The standard InChI is InChI=1S/C23H25N5O4S/c1-2-32-23(30)28-9-7-17-18(14-24)22(33-19(17)15-28)26-20(29)6-5-16-4-3-8-25-21(16)27-10-12-31-13-11-27/h3-6,8H,2,7,9-13,15H2,1H3,(H,26,29)/b6-5+. The van der Waals surface area contributed by atoms with Gasteiger partial charge < -0.3 is 24.6 Å². The van der Waals surface area contributed by atoms with Crippen LogP contribution in [0, 0.1) is 11.3 Å². The first-order valence-electron chi connectivity index (χ1n) is 10.8. The number of ether oxygens (including phenoxy) is 2. The zero-order valence-corrected chi connectivity index (χ0v) is 19.2. The molecule has 172 valence electrons. The van der Waals surface area contributed by atoms with E-state index < -0.39 is 0 Å². The number of anilines is 2. The molecule has 0 saturated carbocycles. The maximum atomic E-state index is 12.7. The van der Waals surface area contributed by atoms with Crippen molar-refractivity contribution in [2.24, 2.45) is 0 Å². The molecule has 0 atom stereocenters. The van der Waals surface area contributed by atoms with Crippen molar-refractivity contribution in [3.63, 3.8) is 0 Å². The number of amides is 2. The minimum atomic E-state index is -0.365. The molecule has 1 saturated heterocycles. The van der Waals surface area contributed by atoms with Crippen molar-refractivity contribution in [1.82, 2.24) is 9.88 Å². The molecule has 1 N–H and O–H groups in total. The molecule has 9 nitrogen and oxygen atoms in total. The van der Waals surface area contributed by atoms with E-state index in [1.165, 1.54) is 17.4 Å². The number of pyridine rings is 1. The molecular weight excluding hydrogens is 442 g/mol. The van der Waals surface area contributed by atoms with Crippen LogP contribution in [-0.4, -0.2) is 61.3 Å². The molecule has 2 aromatic heterocycles. The molecule has 2 aromatic rings. The summed E-state index contributed by atoms with van der Waals surface area (Å²) in [5, 5.41) is 13.0. The monoisotopic (exact) mass is 467 g/mol. The Bertz CT molecular complexity index is 1100. The molecular formula is C23H25N5O4S. The highest BCUT2D eigenvalue weighted by Crippen LogP contribution is 2.36. The lowest BCUT2D eigenvalue weighted by Crippen LogP contribution is -2.37. The van der Waals surface area contributed by atoms with E-state index in [4.69, 9.17) is 9.47 Å². The Balaban J connectivity index is 1.47. The average molecular weight is 468 g/mol. The van der Waals surface area contributed by atoms with Gasteiger partial charge in [-0.15, -0.1) is 11.3 Å². The number of hydrogen-bond donors (Lipinski definition) is 1. The second-order valence-corrected chi connectivity index (χ2v) is 8.63. The van der Waals surface area contributed by atoms with Crippen LogP contribution in [0.4, 0.5) is 15.6 Å². The number of carbonyl (C=O) groups excluding carboxylic acids is 2. The minimum absolute atomic E-state index is 0.313. The SMILES string of the molecule is CCOC(=O)N1CCc2c(sc(NC(=O)/C=C/c3cccnc3N3CCOCC3)c2C#N)C1. The predicted molar refractivity (Wildman–Crippen MR) is 125 cm³/mol. The highest BCUT2D eigenvalue weighted by atomic mass is 32.1. The van der Waals surface area contributed by atoms with Crippen LogP contribution >= 0.6 is 11.3 Å². The van der Waals surface area contributed by atoms with Gasteiger partial charge in [-0.25, -0.2) is 9.78 Å². The normalized spacial score (nSPS) is 15.8. The van der Waals surface area contributed by atoms with E-state index in [-0.39, 0.29) is 12.0 Å². The minimum Gasteiger partial charge on any atom is -0.450 e. The van der Waals surface area contributed by atoms with E-state index in [1.807, 2.05) is 12.1 Å². The maximum absolute atomic E-state index is 12.7. The number of fused-ring (bicyclic) bond motifs is 1. The van der Waals surface area contributed by atoms with Gasteiger partial charge >= 0.3 is 6.09 Å². The number of nitrogens with zero attached hydrogens (tertiary/aromatic N) is 4. The van der Waals surface area contributed by atoms with Crippen molar-refractivity contribution in [1.29, 1.82) is 5.26 Å². The fourth-order valence-electron chi connectivity index (χ4n) is 3.88. The number of nitriles is 1. The molecule has 0 aliphatic carbocycles. The lowest BCUT2D eigenvalue weighted by atomic mass is 10.0. The van der Waals surface area contributed by atoms with Crippen molar-refractivity contribution < 1.29 is 19.1 Å². The van der Waals surface area contributed by atoms with Gasteiger partial charge in [0.25, 0.3) is 0 Å². The summed E-state index contributed by atoms with van der Waals surface area (Å²) in [4.78, 5) is 33.9. The van der Waals surface area contributed by atoms with E-state index in [0.717, 1.165) is 34.9 Å². The molecule has 4 heterocycles. The highest BCUT2D eigenvalue weighted by Gasteiger charge is 2.28. The number of aromatic nitrogens is 1. The van der Waals surface area contributed by atoms with E-state index in [9.17, 15) is 14.9 Å². The van der Waals surface area contributed by atoms with Gasteiger partial charge in [0, 0.05) is 42.3 Å². The van der Waals surface area contributed by atoms with Crippen molar-refractivity contribution in [3.05, 3.63) is 46.0 Å². The van der Waals surface area contributed by atoms with Gasteiger partial charge in [-0.1, -0.05) is 0 Å². The number of morpholine rings is 1. The van der Waals surface area contributed by atoms with Crippen molar-refractivity contribution >= 4 is 40.2 Å². The Kier molecular flexibility index (Phi) is 7.22.